The summed E-state index contributed by atoms with van der Waals surface area (Å²) in [6.07, 6.45) is 0. The molecule has 0 aliphatic heterocycles. The molecule has 18 heavy (non-hydrogen) atoms. The van der Waals surface area contributed by atoms with Gasteiger partial charge in [-0.05, 0) is 48.9 Å². The molecule has 0 unspecified atom stereocenters. The van der Waals surface area contributed by atoms with E-state index in [9.17, 15) is 4.79 Å². The predicted molar refractivity (Wildman–Crippen MR) is 78.8 cm³/mol. The first-order chi connectivity index (χ1) is 8.49. The molecule has 0 bridgehead atoms. The first-order valence-corrected chi connectivity index (χ1v) is 6.80. The maximum atomic E-state index is 12.3. The normalized spacial score (nSPS) is 10.4. The van der Waals surface area contributed by atoms with E-state index >= 15 is 0 Å². The molecule has 92 valence electrons. The smallest absolute Gasteiger partial charge is 0.193 e. The molecule has 0 fully saturated rings. The fraction of sp³-hybridized carbons (Fsp3) is 0.0714. The first kappa shape index (κ1) is 13.6. The SMILES string of the molecule is Cc1cc(Br)ccc1C(=O)c1ccc(Cl)c(Cl)c1. The van der Waals surface area contributed by atoms with Gasteiger partial charge in [-0.15, -0.1) is 0 Å². The average molecular weight is 344 g/mol. The van der Waals surface area contributed by atoms with Crippen LogP contribution in [0.3, 0.4) is 0 Å². The Bertz CT molecular complexity index is 623. The van der Waals surface area contributed by atoms with E-state index in [0.717, 1.165) is 10.0 Å². The standard InChI is InChI=1S/C14H9BrCl2O/c1-8-6-10(15)3-4-11(8)14(18)9-2-5-12(16)13(17)7-9/h2-7H,1H3. The minimum atomic E-state index is -0.0569. The van der Waals surface area contributed by atoms with Crippen molar-refractivity contribution in [1.29, 1.82) is 0 Å². The molecule has 4 heteroatoms. The van der Waals surface area contributed by atoms with E-state index in [4.69, 9.17) is 23.2 Å². The fourth-order valence-corrected chi connectivity index (χ4v) is 2.45. The van der Waals surface area contributed by atoms with Gasteiger partial charge in [0.25, 0.3) is 0 Å². The van der Waals surface area contributed by atoms with E-state index in [1.165, 1.54) is 0 Å². The van der Waals surface area contributed by atoms with Gasteiger partial charge >= 0.3 is 0 Å². The Balaban J connectivity index is 2.44. The lowest BCUT2D eigenvalue weighted by Crippen LogP contribution is -2.03. The summed E-state index contributed by atoms with van der Waals surface area (Å²) in [5.41, 5.74) is 2.12. The summed E-state index contributed by atoms with van der Waals surface area (Å²) in [6.45, 7) is 1.90. The van der Waals surface area contributed by atoms with Gasteiger partial charge in [-0.2, -0.15) is 0 Å². The van der Waals surface area contributed by atoms with Crippen molar-refractivity contribution in [2.45, 2.75) is 6.92 Å². The van der Waals surface area contributed by atoms with E-state index in [2.05, 4.69) is 15.9 Å². The summed E-state index contributed by atoms with van der Waals surface area (Å²) in [6, 6.07) is 10.4. The van der Waals surface area contributed by atoms with Gasteiger partial charge in [0.05, 0.1) is 10.0 Å². The zero-order valence-electron chi connectivity index (χ0n) is 9.51. The van der Waals surface area contributed by atoms with E-state index in [0.29, 0.717) is 21.2 Å². The van der Waals surface area contributed by atoms with Crippen molar-refractivity contribution in [3.05, 3.63) is 67.6 Å². The number of rotatable bonds is 2. The van der Waals surface area contributed by atoms with Crippen LogP contribution in [0.25, 0.3) is 0 Å². The lowest BCUT2D eigenvalue weighted by Gasteiger charge is -2.06. The molecular formula is C14H9BrCl2O. The van der Waals surface area contributed by atoms with Gasteiger partial charge in [-0.1, -0.05) is 39.1 Å². The van der Waals surface area contributed by atoms with Crippen LogP contribution in [0.2, 0.25) is 10.0 Å². The number of aryl methyl sites for hydroxylation is 1. The number of halogens is 3. The Hall–Kier alpha value is -0.830. The molecule has 0 heterocycles. The maximum absolute atomic E-state index is 12.3. The molecule has 2 aromatic carbocycles. The zero-order chi connectivity index (χ0) is 13.3. The van der Waals surface area contributed by atoms with Gasteiger partial charge in [-0.3, -0.25) is 4.79 Å². The van der Waals surface area contributed by atoms with Gasteiger partial charge in [0.2, 0.25) is 0 Å². The summed E-state index contributed by atoms with van der Waals surface area (Å²) in [4.78, 5) is 12.3. The molecule has 0 aliphatic rings. The van der Waals surface area contributed by atoms with Crippen LogP contribution in [0.1, 0.15) is 21.5 Å². The van der Waals surface area contributed by atoms with Crippen molar-refractivity contribution in [2.75, 3.05) is 0 Å². The third-order valence-electron chi connectivity index (χ3n) is 2.61. The fourth-order valence-electron chi connectivity index (χ4n) is 1.67. The van der Waals surface area contributed by atoms with Crippen molar-refractivity contribution in [3.63, 3.8) is 0 Å². The van der Waals surface area contributed by atoms with E-state index < -0.39 is 0 Å². The number of ketones is 1. The van der Waals surface area contributed by atoms with Crippen molar-refractivity contribution in [3.8, 4) is 0 Å². The molecule has 0 aromatic heterocycles. The molecule has 0 spiro atoms. The van der Waals surface area contributed by atoms with E-state index in [1.807, 2.05) is 19.1 Å². The van der Waals surface area contributed by atoms with Crippen LogP contribution in [0.4, 0.5) is 0 Å². The third kappa shape index (κ3) is 2.77. The lowest BCUT2D eigenvalue weighted by atomic mass is 9.99. The lowest BCUT2D eigenvalue weighted by molar-refractivity contribution is 0.103. The molecular weight excluding hydrogens is 335 g/mol. The van der Waals surface area contributed by atoms with E-state index in [-0.39, 0.29) is 5.78 Å². The largest absolute Gasteiger partial charge is 0.289 e. The van der Waals surface area contributed by atoms with Crippen molar-refractivity contribution >= 4 is 44.9 Å². The second-order valence-electron chi connectivity index (χ2n) is 3.92. The summed E-state index contributed by atoms with van der Waals surface area (Å²) >= 11 is 15.1. The molecule has 2 rings (SSSR count). The Morgan fingerprint density at radius 3 is 2.39 bits per heavy atom. The molecule has 2 aromatic rings. The Kier molecular flexibility index (Phi) is 4.10. The first-order valence-electron chi connectivity index (χ1n) is 5.25. The van der Waals surface area contributed by atoms with E-state index in [1.54, 1.807) is 24.3 Å². The highest BCUT2D eigenvalue weighted by Gasteiger charge is 2.13. The number of carbonyl (C=O) groups is 1. The van der Waals surface area contributed by atoms with Crippen LogP contribution in [-0.4, -0.2) is 5.78 Å². The topological polar surface area (TPSA) is 17.1 Å². The van der Waals surface area contributed by atoms with Gasteiger partial charge in [0.15, 0.2) is 5.78 Å². The zero-order valence-corrected chi connectivity index (χ0v) is 12.6. The monoisotopic (exact) mass is 342 g/mol. The van der Waals surface area contributed by atoms with Crippen LogP contribution >= 0.6 is 39.1 Å². The van der Waals surface area contributed by atoms with Gasteiger partial charge in [0.1, 0.15) is 0 Å². The van der Waals surface area contributed by atoms with Crippen LogP contribution in [-0.2, 0) is 0 Å². The van der Waals surface area contributed by atoms with Crippen LogP contribution in [0.15, 0.2) is 40.9 Å². The van der Waals surface area contributed by atoms with Crippen molar-refractivity contribution in [1.82, 2.24) is 0 Å². The molecule has 0 aliphatic carbocycles. The van der Waals surface area contributed by atoms with Crippen LogP contribution < -0.4 is 0 Å². The number of hydrogen-bond acceptors (Lipinski definition) is 1. The third-order valence-corrected chi connectivity index (χ3v) is 3.85. The Morgan fingerprint density at radius 2 is 1.78 bits per heavy atom. The maximum Gasteiger partial charge on any atom is 0.193 e. The summed E-state index contributed by atoms with van der Waals surface area (Å²) in [5.74, 6) is -0.0569. The predicted octanol–water partition coefficient (Wildman–Crippen LogP) is 5.30. The molecule has 0 saturated carbocycles. The molecule has 0 N–H and O–H groups in total. The molecule has 0 atom stereocenters. The molecule has 0 saturated heterocycles. The van der Waals surface area contributed by atoms with Crippen LogP contribution in [0.5, 0.6) is 0 Å². The van der Waals surface area contributed by atoms with Crippen molar-refractivity contribution < 1.29 is 4.79 Å². The highest BCUT2D eigenvalue weighted by molar-refractivity contribution is 9.10. The molecule has 0 amide bonds. The number of carbonyl (C=O) groups excluding carboxylic acids is 1. The average Bonchev–Trinajstić information content (AvgIpc) is 2.32. The van der Waals surface area contributed by atoms with Gasteiger partial charge in [-0.25, -0.2) is 0 Å². The minimum absolute atomic E-state index is 0.0569. The summed E-state index contributed by atoms with van der Waals surface area (Å²) < 4.78 is 0.950. The quantitative estimate of drug-likeness (QED) is 0.676. The molecule has 1 nitrogen and oxygen atoms in total. The highest BCUT2D eigenvalue weighted by Crippen LogP contribution is 2.25. The number of benzene rings is 2. The van der Waals surface area contributed by atoms with Crippen molar-refractivity contribution in [2.24, 2.45) is 0 Å². The second kappa shape index (κ2) is 5.43. The van der Waals surface area contributed by atoms with Crippen LogP contribution in [0, 0.1) is 6.92 Å². The summed E-state index contributed by atoms with van der Waals surface area (Å²) in [5, 5.41) is 0.832. The minimum Gasteiger partial charge on any atom is -0.289 e. The van der Waals surface area contributed by atoms with Gasteiger partial charge in [0, 0.05) is 15.6 Å². The number of hydrogen-bond donors (Lipinski definition) is 0. The Morgan fingerprint density at radius 1 is 1.06 bits per heavy atom. The second-order valence-corrected chi connectivity index (χ2v) is 5.65. The summed E-state index contributed by atoms with van der Waals surface area (Å²) in [7, 11) is 0. The Labute approximate surface area is 124 Å². The highest BCUT2D eigenvalue weighted by atomic mass is 79.9. The molecule has 0 radical (unpaired) electrons. The van der Waals surface area contributed by atoms with Gasteiger partial charge < -0.3 is 0 Å².